The van der Waals surface area contributed by atoms with Crippen LogP contribution in [0.25, 0.3) is 0 Å². The van der Waals surface area contributed by atoms with Gasteiger partial charge in [-0.1, -0.05) is 23.8 Å². The number of hydrogen-bond donors (Lipinski definition) is 3. The van der Waals surface area contributed by atoms with E-state index >= 15 is 0 Å². The van der Waals surface area contributed by atoms with Crippen molar-refractivity contribution in [2.75, 3.05) is 0 Å². The van der Waals surface area contributed by atoms with Crippen LogP contribution in [0, 0.1) is 35.4 Å². The largest absolute Gasteiger partial charge is 0.505 e. The summed E-state index contributed by atoms with van der Waals surface area (Å²) < 4.78 is 14.1. The fraction of sp³-hybridized carbons (Fsp3) is 0.400. The van der Waals surface area contributed by atoms with Crippen molar-refractivity contribution in [2.45, 2.75) is 18.8 Å². The van der Waals surface area contributed by atoms with Crippen molar-refractivity contribution in [3.05, 3.63) is 41.2 Å². The first-order chi connectivity index (χ1) is 13.4. The normalized spacial score (nSPS) is 36.2. The van der Waals surface area contributed by atoms with Crippen LogP contribution in [0.4, 0.5) is 4.39 Å². The Balaban J connectivity index is 1.69. The van der Waals surface area contributed by atoms with Gasteiger partial charge in [0.1, 0.15) is 0 Å². The molecule has 2 aliphatic heterocycles. The molecule has 2 heterocycles. The summed E-state index contributed by atoms with van der Waals surface area (Å²) in [6.07, 6.45) is 2.42. The number of carbonyl (C=O) groups excluding carboxylic acids is 4. The van der Waals surface area contributed by atoms with E-state index < -0.39 is 58.9 Å². The summed E-state index contributed by atoms with van der Waals surface area (Å²) in [5.74, 6) is -6.71. The number of hydrogen-bond acceptors (Lipinski definition) is 5. The maximum absolute atomic E-state index is 14.1. The summed E-state index contributed by atoms with van der Waals surface area (Å²) in [5, 5.41) is 15.0. The van der Waals surface area contributed by atoms with Crippen molar-refractivity contribution >= 4 is 23.6 Å². The number of aromatic hydroxyl groups is 1. The molecule has 8 heteroatoms. The first-order valence-electron chi connectivity index (χ1n) is 9.25. The Labute approximate surface area is 159 Å². The van der Waals surface area contributed by atoms with E-state index in [-0.39, 0.29) is 23.8 Å². The summed E-state index contributed by atoms with van der Waals surface area (Å²) in [6, 6.07) is 4.09. The van der Waals surface area contributed by atoms with Gasteiger partial charge in [0.15, 0.2) is 11.6 Å². The smallest absolute Gasteiger partial charge is 0.231 e. The van der Waals surface area contributed by atoms with Gasteiger partial charge in [-0.3, -0.25) is 29.8 Å². The van der Waals surface area contributed by atoms with E-state index in [2.05, 4.69) is 10.6 Å². The predicted molar refractivity (Wildman–Crippen MR) is 91.9 cm³/mol. The van der Waals surface area contributed by atoms with Gasteiger partial charge in [0.05, 0.1) is 23.7 Å². The number of imide groups is 2. The Hall–Kier alpha value is -3.03. The fourth-order valence-electron chi connectivity index (χ4n) is 5.54. The molecule has 5 rings (SSSR count). The van der Waals surface area contributed by atoms with Gasteiger partial charge in [-0.25, -0.2) is 4.39 Å². The van der Waals surface area contributed by atoms with E-state index in [9.17, 15) is 28.7 Å². The van der Waals surface area contributed by atoms with Crippen LogP contribution in [0.5, 0.6) is 5.75 Å². The molecular weight excluding hydrogens is 367 g/mol. The molecule has 144 valence electrons. The summed E-state index contributed by atoms with van der Waals surface area (Å²) >= 11 is 0. The zero-order valence-electron chi connectivity index (χ0n) is 14.6. The van der Waals surface area contributed by atoms with Crippen molar-refractivity contribution in [3.8, 4) is 5.75 Å². The van der Waals surface area contributed by atoms with Gasteiger partial charge >= 0.3 is 0 Å². The van der Waals surface area contributed by atoms with Crippen LogP contribution < -0.4 is 10.6 Å². The van der Waals surface area contributed by atoms with Crippen LogP contribution >= 0.6 is 0 Å². The van der Waals surface area contributed by atoms with E-state index in [1.54, 1.807) is 0 Å². The topological polar surface area (TPSA) is 113 Å². The molecule has 2 aliphatic carbocycles. The molecule has 1 aromatic rings. The molecule has 3 N–H and O–H groups in total. The quantitative estimate of drug-likeness (QED) is 0.488. The lowest BCUT2D eigenvalue weighted by Crippen LogP contribution is -2.42. The number of amides is 4. The molecule has 7 nitrogen and oxygen atoms in total. The monoisotopic (exact) mass is 384 g/mol. The van der Waals surface area contributed by atoms with Gasteiger partial charge in [-0.15, -0.1) is 0 Å². The SMILES string of the molecule is O=C1NC(=O)[C@H]2CC=C3[C@@H](C[C@H]4C(=O)NC(=O)[C@H]4[C@H]3c3cccc(F)c3O)[C@@H]12. The van der Waals surface area contributed by atoms with E-state index in [1.165, 1.54) is 12.1 Å². The van der Waals surface area contributed by atoms with Crippen molar-refractivity contribution in [1.29, 1.82) is 0 Å². The lowest BCUT2D eigenvalue weighted by atomic mass is 9.57. The Bertz CT molecular complexity index is 987. The highest BCUT2D eigenvalue weighted by molar-refractivity contribution is 6.07. The predicted octanol–water partition coefficient (Wildman–Crippen LogP) is 0.742. The van der Waals surface area contributed by atoms with Gasteiger partial charge in [-0.2, -0.15) is 0 Å². The van der Waals surface area contributed by atoms with Crippen LogP contribution in [0.2, 0.25) is 0 Å². The van der Waals surface area contributed by atoms with Crippen LogP contribution in [-0.4, -0.2) is 28.7 Å². The number of carbonyl (C=O) groups is 4. The average molecular weight is 384 g/mol. The minimum atomic E-state index is -0.816. The molecule has 28 heavy (non-hydrogen) atoms. The molecule has 4 amide bonds. The molecule has 1 aromatic carbocycles. The highest BCUT2D eigenvalue weighted by atomic mass is 19.1. The summed E-state index contributed by atoms with van der Waals surface area (Å²) in [4.78, 5) is 49.5. The number of halogens is 1. The van der Waals surface area contributed by atoms with Crippen molar-refractivity contribution in [3.63, 3.8) is 0 Å². The van der Waals surface area contributed by atoms with Gasteiger partial charge in [-0.05, 0) is 24.8 Å². The van der Waals surface area contributed by atoms with Crippen molar-refractivity contribution in [2.24, 2.45) is 29.6 Å². The minimum Gasteiger partial charge on any atom is -0.505 e. The molecule has 6 atom stereocenters. The third-order valence-corrected chi connectivity index (χ3v) is 6.69. The molecule has 0 radical (unpaired) electrons. The first-order valence-corrected chi connectivity index (χ1v) is 9.25. The van der Waals surface area contributed by atoms with Gasteiger partial charge in [0.25, 0.3) is 0 Å². The molecule has 0 spiro atoms. The molecule has 0 aromatic heterocycles. The van der Waals surface area contributed by atoms with Crippen molar-refractivity contribution < 1.29 is 28.7 Å². The lowest BCUT2D eigenvalue weighted by molar-refractivity contribution is -0.128. The zero-order chi connectivity index (χ0) is 19.7. The Morgan fingerprint density at radius 2 is 1.57 bits per heavy atom. The van der Waals surface area contributed by atoms with Crippen LogP contribution in [0.15, 0.2) is 29.8 Å². The van der Waals surface area contributed by atoms with Crippen LogP contribution in [0.3, 0.4) is 0 Å². The number of phenolic OH excluding ortho intramolecular Hbond substituents is 1. The summed E-state index contributed by atoms with van der Waals surface area (Å²) in [5.41, 5.74) is 0.942. The molecule has 2 saturated heterocycles. The van der Waals surface area contributed by atoms with Crippen LogP contribution in [0.1, 0.15) is 24.3 Å². The summed E-state index contributed by atoms with van der Waals surface area (Å²) in [7, 11) is 0. The average Bonchev–Trinajstić information content (AvgIpc) is 3.11. The van der Waals surface area contributed by atoms with Crippen molar-refractivity contribution in [1.82, 2.24) is 10.6 Å². The Morgan fingerprint density at radius 3 is 2.32 bits per heavy atom. The minimum absolute atomic E-state index is 0.221. The Morgan fingerprint density at radius 1 is 0.893 bits per heavy atom. The Kier molecular flexibility index (Phi) is 3.50. The molecule has 0 unspecified atom stereocenters. The molecule has 3 fully saturated rings. The van der Waals surface area contributed by atoms with E-state index in [0.717, 1.165) is 11.6 Å². The number of fused-ring (bicyclic) bond motifs is 4. The first kappa shape index (κ1) is 17.1. The maximum atomic E-state index is 14.1. The number of phenols is 1. The standard InChI is InChI=1S/C20H17FN2O5/c21-12-3-1-2-8(16(12)24)13-7-4-5-9-14(19(27)22-17(9)25)10(7)6-11-15(13)20(28)23-18(11)26/h1-4,9-11,13-15,24H,5-6H2,(H,22,25,27)(H,23,26,28)/t9-,10+,11+,13+,14-,15+/m0/s1. The molecule has 0 bridgehead atoms. The van der Waals surface area contributed by atoms with Crippen LogP contribution in [-0.2, 0) is 19.2 Å². The zero-order valence-corrected chi connectivity index (χ0v) is 14.6. The third kappa shape index (κ3) is 2.14. The molecule has 1 saturated carbocycles. The van der Waals surface area contributed by atoms with E-state index in [1.807, 2.05) is 6.08 Å². The number of nitrogens with one attached hydrogen (secondary N) is 2. The number of para-hydroxylation sites is 1. The highest BCUT2D eigenvalue weighted by Crippen LogP contribution is 2.57. The number of allylic oxidation sites excluding steroid dienone is 2. The third-order valence-electron chi connectivity index (χ3n) is 6.69. The lowest BCUT2D eigenvalue weighted by Gasteiger charge is -2.44. The van der Waals surface area contributed by atoms with E-state index in [0.29, 0.717) is 6.42 Å². The number of rotatable bonds is 1. The fourth-order valence-corrected chi connectivity index (χ4v) is 5.54. The summed E-state index contributed by atoms with van der Waals surface area (Å²) in [6.45, 7) is 0. The molecule has 4 aliphatic rings. The number of benzene rings is 1. The van der Waals surface area contributed by atoms with Gasteiger partial charge in [0, 0.05) is 11.5 Å². The maximum Gasteiger partial charge on any atom is 0.231 e. The van der Waals surface area contributed by atoms with E-state index in [4.69, 9.17) is 0 Å². The van der Waals surface area contributed by atoms with Gasteiger partial charge in [0.2, 0.25) is 23.6 Å². The molecular formula is C20H17FN2O5. The highest BCUT2D eigenvalue weighted by Gasteiger charge is 2.59. The second-order valence-corrected chi connectivity index (χ2v) is 7.91. The van der Waals surface area contributed by atoms with Gasteiger partial charge < -0.3 is 5.11 Å². The second-order valence-electron chi connectivity index (χ2n) is 7.91. The second kappa shape index (κ2) is 5.73.